The van der Waals surface area contributed by atoms with Crippen molar-refractivity contribution in [2.24, 2.45) is 0 Å². The van der Waals surface area contributed by atoms with Crippen LogP contribution >= 0.6 is 0 Å². The van der Waals surface area contributed by atoms with Crippen molar-refractivity contribution in [3.63, 3.8) is 0 Å². The fourth-order valence-corrected chi connectivity index (χ4v) is 4.35. The molecule has 1 radical (unpaired) electrons. The summed E-state index contributed by atoms with van der Waals surface area (Å²) in [5, 5.41) is 9.38. The minimum Gasteiger partial charge on any atom is -0.512 e. The van der Waals surface area contributed by atoms with Crippen LogP contribution in [0.1, 0.15) is 62.4 Å². The van der Waals surface area contributed by atoms with Crippen LogP contribution in [0.5, 0.6) is 0 Å². The molecule has 0 fully saturated rings. The normalized spacial score (nSPS) is 11.5. The number of hydrogen-bond acceptors (Lipinski definition) is 4. The molecular weight excluding hydrogens is 639 g/mol. The van der Waals surface area contributed by atoms with Gasteiger partial charge in [0.1, 0.15) is 11.3 Å². The van der Waals surface area contributed by atoms with Crippen molar-refractivity contribution in [2.45, 2.75) is 67.7 Å². The van der Waals surface area contributed by atoms with Gasteiger partial charge in [-0.3, -0.25) is 4.79 Å². The number of pyridine rings is 1. The predicted octanol–water partition coefficient (Wildman–Crippen LogP) is 8.53. The van der Waals surface area contributed by atoms with Crippen LogP contribution in [0.3, 0.4) is 0 Å². The van der Waals surface area contributed by atoms with Crippen molar-refractivity contribution < 1.29 is 34.4 Å². The van der Waals surface area contributed by atoms with E-state index < -0.39 is 0 Å². The smallest absolute Gasteiger partial charge is 0.155 e. The van der Waals surface area contributed by atoms with Crippen LogP contribution in [0.4, 0.5) is 0 Å². The van der Waals surface area contributed by atoms with E-state index in [-0.39, 0.29) is 37.1 Å². The quantitative estimate of drug-likeness (QED) is 0.135. The molecule has 4 aromatic rings. The van der Waals surface area contributed by atoms with Crippen molar-refractivity contribution in [3.8, 4) is 22.6 Å². The molecule has 0 saturated heterocycles. The van der Waals surface area contributed by atoms with E-state index in [9.17, 15) is 4.79 Å². The van der Waals surface area contributed by atoms with E-state index in [1.54, 1.807) is 0 Å². The van der Waals surface area contributed by atoms with E-state index in [0.717, 1.165) is 33.6 Å². The summed E-state index contributed by atoms with van der Waals surface area (Å²) in [5.41, 5.74) is 10.2. The van der Waals surface area contributed by atoms with Gasteiger partial charge in [0, 0.05) is 43.3 Å². The van der Waals surface area contributed by atoms with Gasteiger partial charge in [0.2, 0.25) is 0 Å². The van der Waals surface area contributed by atoms with Gasteiger partial charge in [-0.05, 0) is 69.0 Å². The fourth-order valence-electron chi connectivity index (χ4n) is 4.35. The van der Waals surface area contributed by atoms with Gasteiger partial charge in [-0.15, -0.1) is 34.9 Å². The molecule has 0 atom stereocenters. The zero-order valence-corrected chi connectivity index (χ0v) is 25.6. The van der Waals surface area contributed by atoms with Crippen molar-refractivity contribution in [3.05, 3.63) is 88.3 Å². The van der Waals surface area contributed by atoms with Crippen molar-refractivity contribution in [2.75, 3.05) is 0 Å². The average Bonchev–Trinajstić information content (AvgIpc) is 3.14. The Hall–Kier alpha value is -3.01. The number of ketones is 1. The second-order valence-corrected chi connectivity index (χ2v) is 10.6. The van der Waals surface area contributed by atoms with Gasteiger partial charge in [0.25, 0.3) is 0 Å². The molecule has 0 saturated carbocycles. The van der Waals surface area contributed by atoms with Crippen LogP contribution in [-0.4, -0.2) is 15.9 Å². The Bertz CT molecular complexity index is 1430. The number of carbonyl (C=O) groups is 1. The van der Waals surface area contributed by atoms with Crippen LogP contribution in [0.25, 0.3) is 33.6 Å². The van der Waals surface area contributed by atoms with Crippen LogP contribution in [0.2, 0.25) is 0 Å². The molecular formula is C32H36IrNO3-. The molecule has 5 heteroatoms. The van der Waals surface area contributed by atoms with Crippen LogP contribution in [0.15, 0.2) is 58.8 Å². The minimum atomic E-state index is -0.125. The Morgan fingerprint density at radius 1 is 0.973 bits per heavy atom. The largest absolute Gasteiger partial charge is 0.512 e. The Balaban J connectivity index is 0.000000532. The third-order valence-electron chi connectivity index (χ3n) is 5.88. The molecule has 0 aliphatic carbocycles. The Morgan fingerprint density at radius 3 is 2.11 bits per heavy atom. The summed E-state index contributed by atoms with van der Waals surface area (Å²) >= 11 is 0. The number of aromatic nitrogens is 1. The Morgan fingerprint density at radius 2 is 1.59 bits per heavy atom. The number of fused-ring (bicyclic) bond motifs is 1. The molecule has 197 valence electrons. The SMILES string of the molecule is CC(=O)/C=C(/C)O.Cc1[c-]c(-c2cc3oc(-c4c(C)cc(C)cc4C)cc3cn2)cc(C(C)(C)C)c1.[Ir]. The predicted molar refractivity (Wildman–Crippen MR) is 148 cm³/mol. The van der Waals surface area contributed by atoms with E-state index in [0.29, 0.717) is 0 Å². The molecule has 1 N–H and O–H groups in total. The second-order valence-electron chi connectivity index (χ2n) is 10.6. The first kappa shape index (κ1) is 30.2. The first-order valence-corrected chi connectivity index (χ1v) is 12.1. The summed E-state index contributed by atoms with van der Waals surface area (Å²) in [6.45, 7) is 18.0. The van der Waals surface area contributed by atoms with Gasteiger partial charge in [0.15, 0.2) is 5.78 Å². The molecule has 37 heavy (non-hydrogen) atoms. The van der Waals surface area contributed by atoms with E-state index in [4.69, 9.17) is 14.5 Å². The van der Waals surface area contributed by atoms with E-state index >= 15 is 0 Å². The van der Waals surface area contributed by atoms with E-state index in [1.165, 1.54) is 47.7 Å². The van der Waals surface area contributed by atoms with Crippen LogP contribution in [0, 0.1) is 33.8 Å². The van der Waals surface area contributed by atoms with Crippen LogP contribution in [-0.2, 0) is 30.3 Å². The molecule has 0 aliphatic rings. The van der Waals surface area contributed by atoms with E-state index in [2.05, 4.69) is 84.9 Å². The number of allylic oxidation sites excluding steroid dienone is 2. The summed E-state index contributed by atoms with van der Waals surface area (Å²) in [4.78, 5) is 14.7. The number of carbonyl (C=O) groups excluding carboxylic acids is 1. The summed E-state index contributed by atoms with van der Waals surface area (Å²) in [6.07, 6.45) is 3.07. The topological polar surface area (TPSA) is 63.3 Å². The Labute approximate surface area is 234 Å². The number of rotatable bonds is 3. The molecule has 2 aromatic carbocycles. The first-order valence-electron chi connectivity index (χ1n) is 12.1. The molecule has 0 bridgehead atoms. The average molecular weight is 675 g/mol. The first-order chi connectivity index (χ1) is 16.7. The monoisotopic (exact) mass is 675 g/mol. The molecule has 2 aromatic heterocycles. The summed E-state index contributed by atoms with van der Waals surface area (Å²) < 4.78 is 6.29. The van der Waals surface area contributed by atoms with Gasteiger partial charge in [-0.1, -0.05) is 45.4 Å². The third-order valence-corrected chi connectivity index (χ3v) is 5.88. The molecule has 0 spiro atoms. The molecule has 4 nitrogen and oxygen atoms in total. The minimum absolute atomic E-state index is 0. The number of furan rings is 1. The van der Waals surface area contributed by atoms with Crippen molar-refractivity contribution in [1.29, 1.82) is 0 Å². The Kier molecular flexibility index (Phi) is 9.82. The second kappa shape index (κ2) is 12.0. The summed E-state index contributed by atoms with van der Waals surface area (Å²) in [5.74, 6) is 0.838. The number of nitrogens with zero attached hydrogens (tertiary/aromatic N) is 1. The molecule has 0 aliphatic heterocycles. The molecule has 2 heterocycles. The summed E-state index contributed by atoms with van der Waals surface area (Å²) in [6, 6.07) is 16.4. The number of benzene rings is 2. The summed E-state index contributed by atoms with van der Waals surface area (Å²) in [7, 11) is 0. The number of aliphatic hydroxyl groups excluding tert-OH is 1. The number of hydrogen-bond donors (Lipinski definition) is 1. The fraction of sp³-hybridized carbons (Fsp3) is 0.312. The standard InChI is InChI=1S/C27H28NO.C5H8O2.Ir/c1-16-8-18(3)26(19(4)9-16)25-13-21-15-28-23(14-24(21)29-25)20-10-17(2)11-22(12-20)27(5,6)7;1-4(6)3-5(2)7;/h8-9,11-15H,1-7H3;3,6H,1-2H3;/q-1;;/b;4-3-;. The van der Waals surface area contributed by atoms with E-state index in [1.807, 2.05) is 12.3 Å². The van der Waals surface area contributed by atoms with Gasteiger partial charge in [0.05, 0.1) is 5.76 Å². The van der Waals surface area contributed by atoms with Gasteiger partial charge < -0.3 is 14.5 Å². The zero-order chi connectivity index (χ0) is 26.8. The molecule has 4 rings (SSSR count). The van der Waals surface area contributed by atoms with Gasteiger partial charge in [-0.2, -0.15) is 0 Å². The van der Waals surface area contributed by atoms with Gasteiger partial charge in [-0.25, -0.2) is 0 Å². The van der Waals surface area contributed by atoms with Crippen molar-refractivity contribution >= 4 is 16.8 Å². The third kappa shape index (κ3) is 7.74. The molecule has 0 unspecified atom stereocenters. The molecule has 0 amide bonds. The van der Waals surface area contributed by atoms with Crippen LogP contribution < -0.4 is 0 Å². The van der Waals surface area contributed by atoms with Crippen molar-refractivity contribution in [1.82, 2.24) is 4.98 Å². The maximum Gasteiger partial charge on any atom is 0.155 e. The zero-order valence-electron chi connectivity index (χ0n) is 23.2. The number of aryl methyl sites for hydroxylation is 4. The maximum absolute atomic E-state index is 10.0. The maximum atomic E-state index is 10.0. The number of aliphatic hydroxyl groups is 1. The van der Waals surface area contributed by atoms with Gasteiger partial charge >= 0.3 is 0 Å².